The Kier molecular flexibility index (Phi) is 21.4. The van der Waals surface area contributed by atoms with Gasteiger partial charge in [0.05, 0.1) is 43.3 Å². The predicted molar refractivity (Wildman–Crippen MR) is 265 cm³/mol. The summed E-state index contributed by atoms with van der Waals surface area (Å²) in [4.78, 5) is 61.9. The van der Waals surface area contributed by atoms with Crippen LogP contribution in [0.25, 0.3) is 22.1 Å². The van der Waals surface area contributed by atoms with Crippen molar-refractivity contribution in [3.63, 3.8) is 0 Å². The lowest BCUT2D eigenvalue weighted by Crippen LogP contribution is -2.43. The van der Waals surface area contributed by atoms with Crippen LogP contribution in [0.1, 0.15) is 77.5 Å². The van der Waals surface area contributed by atoms with Crippen molar-refractivity contribution in [2.24, 2.45) is 11.6 Å². The van der Waals surface area contributed by atoms with Gasteiger partial charge >= 0.3 is 0 Å². The summed E-state index contributed by atoms with van der Waals surface area (Å²) in [6.45, 7) is 16.4. The Morgan fingerprint density at radius 1 is 0.924 bits per heavy atom. The van der Waals surface area contributed by atoms with E-state index in [1.807, 2.05) is 63.8 Å². The largest absolute Gasteiger partial charge is 0.385 e. The summed E-state index contributed by atoms with van der Waals surface area (Å²) >= 11 is 3.00. The fourth-order valence-corrected chi connectivity index (χ4v) is 8.58. The number of primary amides is 1. The van der Waals surface area contributed by atoms with E-state index in [0.29, 0.717) is 52.8 Å². The monoisotopic (exact) mass is 944 g/mol. The number of anilines is 2. The normalized spacial score (nSPS) is 12.4. The molecule has 0 atom stereocenters. The van der Waals surface area contributed by atoms with E-state index >= 15 is 0 Å². The van der Waals surface area contributed by atoms with Crippen molar-refractivity contribution in [3.05, 3.63) is 86.6 Å². The number of ether oxygens (including phenoxy) is 1. The number of carbonyl (C=O) groups is 4. The maximum absolute atomic E-state index is 12.1. The molecule has 2 aromatic carbocycles. The van der Waals surface area contributed by atoms with Crippen LogP contribution in [0, 0.1) is 13.8 Å². The van der Waals surface area contributed by atoms with Gasteiger partial charge in [0.1, 0.15) is 5.69 Å². The number of hydrogen-bond donors (Lipinski definition) is 6. The molecule has 0 unspecified atom stereocenters. The van der Waals surface area contributed by atoms with Crippen LogP contribution in [0.15, 0.2) is 53.4 Å². The van der Waals surface area contributed by atoms with Gasteiger partial charge in [-0.1, -0.05) is 19.1 Å². The lowest BCUT2D eigenvalue weighted by molar-refractivity contribution is 0.0951. The fraction of sp³-hybridized carbons (Fsp3) is 0.422. The van der Waals surface area contributed by atoms with E-state index in [1.165, 1.54) is 42.7 Å². The molecule has 4 aromatic heterocycles. The Balaban J connectivity index is 0.000000246. The summed E-state index contributed by atoms with van der Waals surface area (Å²) in [5.74, 6) is 5.84. The second-order valence-corrected chi connectivity index (χ2v) is 16.8. The molecule has 1 fully saturated rings. The zero-order valence-electron chi connectivity index (χ0n) is 39.1. The molecular weight excluding hydrogens is 881 g/mol. The summed E-state index contributed by atoms with van der Waals surface area (Å²) in [5.41, 5.74) is 14.1. The number of nitrogen functional groups attached to an aromatic ring is 1. The highest BCUT2D eigenvalue weighted by molar-refractivity contribution is 7.98. The van der Waals surface area contributed by atoms with Crippen LogP contribution in [0.2, 0.25) is 0 Å². The number of aromatic nitrogens is 7. The topological polar surface area (TPSA) is 247 Å². The Morgan fingerprint density at radius 3 is 2.15 bits per heavy atom. The van der Waals surface area contributed by atoms with Crippen LogP contribution in [-0.2, 0) is 30.8 Å². The molecule has 1 aliphatic heterocycles. The highest BCUT2D eigenvalue weighted by Gasteiger charge is 2.17. The van der Waals surface area contributed by atoms with E-state index in [-0.39, 0.29) is 5.91 Å². The van der Waals surface area contributed by atoms with Crippen molar-refractivity contribution in [1.82, 2.24) is 49.5 Å². The van der Waals surface area contributed by atoms with Crippen molar-refractivity contribution in [2.75, 3.05) is 77.4 Å². The molecule has 356 valence electrons. The third kappa shape index (κ3) is 14.3. The number of amides is 2. The molecule has 6 aromatic rings. The highest BCUT2D eigenvalue weighted by atomic mass is 32.2. The van der Waals surface area contributed by atoms with Crippen LogP contribution in [0.4, 0.5) is 11.9 Å². The van der Waals surface area contributed by atoms with Crippen LogP contribution in [0.5, 0.6) is 0 Å². The summed E-state index contributed by atoms with van der Waals surface area (Å²) in [5, 5.41) is 14.6. The number of aryl methyl sites for hydroxylation is 4. The molecule has 0 radical (unpaired) electrons. The van der Waals surface area contributed by atoms with E-state index in [4.69, 9.17) is 16.3 Å². The number of fused-ring (bicyclic) bond motifs is 2. The molecule has 8 N–H and O–H groups in total. The molecule has 2 amide bonds. The maximum Gasteiger partial charge on any atom is 0.265 e. The first-order chi connectivity index (χ1) is 31.9. The minimum atomic E-state index is -0.486. The van der Waals surface area contributed by atoms with E-state index < -0.39 is 5.91 Å². The number of hydrazine groups is 1. The van der Waals surface area contributed by atoms with Crippen LogP contribution < -0.4 is 33.0 Å². The number of methoxy groups -OCH3 is 1. The highest BCUT2D eigenvalue weighted by Crippen LogP contribution is 2.31. The van der Waals surface area contributed by atoms with Gasteiger partial charge in [-0.25, -0.2) is 20.8 Å². The van der Waals surface area contributed by atoms with Crippen molar-refractivity contribution >= 4 is 81.4 Å². The number of benzene rings is 2. The maximum atomic E-state index is 12.1. The second kappa shape index (κ2) is 26.9. The van der Waals surface area contributed by atoms with Gasteiger partial charge in [0.15, 0.2) is 12.6 Å². The molecule has 19 nitrogen and oxygen atoms in total. The van der Waals surface area contributed by atoms with E-state index in [2.05, 4.69) is 57.0 Å². The van der Waals surface area contributed by atoms with Gasteiger partial charge in [0.25, 0.3) is 5.91 Å². The molecule has 1 aliphatic rings. The van der Waals surface area contributed by atoms with Crippen molar-refractivity contribution in [2.45, 2.75) is 65.1 Å². The van der Waals surface area contributed by atoms with Gasteiger partial charge in [-0.3, -0.25) is 29.3 Å². The van der Waals surface area contributed by atoms with Crippen LogP contribution in [-0.4, -0.2) is 130 Å². The van der Waals surface area contributed by atoms with Crippen molar-refractivity contribution in [1.29, 1.82) is 0 Å². The lowest BCUT2D eigenvalue weighted by Gasteiger charge is -2.26. The van der Waals surface area contributed by atoms with E-state index in [1.54, 1.807) is 43.1 Å². The SMILES string of the molecule is CCc1nc(C)sc1C=O.CCn1nc(C)cc1C=O.CNc1nc2cc(C(N)=O)ccc2n1C/C=C/Cn1c(NC)nc2cc(C(=O)NN)cc(SC)c21.COCCCN1CCNCC1. The number of carbonyl (C=O) groups excluding carboxylic acids is 4. The molecule has 0 saturated carbocycles. The number of rotatable bonds is 17. The van der Waals surface area contributed by atoms with Gasteiger partial charge in [-0.05, 0) is 76.3 Å². The quantitative estimate of drug-likeness (QED) is 0.0135. The number of piperazine rings is 1. The number of aldehydes is 2. The first-order valence-electron chi connectivity index (χ1n) is 21.6. The summed E-state index contributed by atoms with van der Waals surface area (Å²) in [6.07, 6.45) is 9.76. The van der Waals surface area contributed by atoms with Gasteiger partial charge in [0.2, 0.25) is 17.8 Å². The number of thioether (sulfide) groups is 1. The van der Waals surface area contributed by atoms with Crippen LogP contribution >= 0.6 is 23.1 Å². The Bertz CT molecular complexity index is 2500. The molecule has 1 saturated heterocycles. The lowest BCUT2D eigenvalue weighted by atomic mass is 10.2. The van der Waals surface area contributed by atoms with Crippen LogP contribution in [0.3, 0.4) is 0 Å². The molecule has 0 spiro atoms. The number of allylic oxidation sites excluding steroid dienone is 2. The molecule has 7 rings (SSSR count). The summed E-state index contributed by atoms with van der Waals surface area (Å²) in [7, 11) is 5.37. The third-order valence-corrected chi connectivity index (χ3v) is 12.0. The summed E-state index contributed by atoms with van der Waals surface area (Å²) in [6, 6.07) is 10.6. The zero-order valence-corrected chi connectivity index (χ0v) is 40.8. The predicted octanol–water partition coefficient (Wildman–Crippen LogP) is 4.93. The fourth-order valence-electron chi connectivity index (χ4n) is 7.10. The number of imidazole rings is 2. The Morgan fingerprint density at radius 2 is 1.59 bits per heavy atom. The zero-order chi connectivity index (χ0) is 48.2. The molecule has 0 aliphatic carbocycles. The smallest absolute Gasteiger partial charge is 0.265 e. The molecule has 21 heteroatoms. The molecule has 0 bridgehead atoms. The number of hydrogen-bond acceptors (Lipinski definition) is 16. The minimum absolute atomic E-state index is 0.363. The van der Waals surface area contributed by atoms with E-state index in [9.17, 15) is 19.2 Å². The minimum Gasteiger partial charge on any atom is -0.385 e. The number of nitrogens with one attached hydrogen (secondary N) is 4. The molecule has 5 heterocycles. The number of nitrogens with two attached hydrogens (primary N) is 2. The second-order valence-electron chi connectivity index (χ2n) is 14.7. The van der Waals surface area contributed by atoms with Gasteiger partial charge in [0, 0.05) is 96.2 Å². The summed E-state index contributed by atoms with van der Waals surface area (Å²) < 4.78 is 10.8. The first kappa shape index (κ1) is 52.7. The molecule has 66 heavy (non-hydrogen) atoms. The number of nitrogens with zero attached hydrogens (tertiary/aromatic N) is 8. The Hall–Kier alpha value is -5.97. The van der Waals surface area contributed by atoms with Gasteiger partial charge in [-0.2, -0.15) is 5.10 Å². The van der Waals surface area contributed by atoms with Gasteiger partial charge in [-0.15, -0.1) is 23.1 Å². The average molecular weight is 945 g/mol. The van der Waals surface area contributed by atoms with Crippen molar-refractivity contribution in [3.8, 4) is 0 Å². The number of thiazole rings is 1. The standard InChI is InChI=1S/C23H27N9O2S.C8H18N2O.C7H10N2O.C7H9NOS/c1-26-22-28-15-10-13(20(24)33)6-7-17(15)31(22)8-4-5-9-32-19-16(29-23(32)27-2)11-14(21(34)30-25)12-18(19)35-3;1-11-8-2-5-10-6-3-9-4-7-10;1-3-9-7(5-10)4-6(2)8-9;1-3-6-7(4-9)10-5(2)8-6/h4-7,10-12H,8-9,25H2,1-3H3,(H2,24,33)(H,26,28)(H,27,29)(H,30,34);9H,2-8H2,1H3;4-5H,3H2,1-2H3;4H,3H2,1-2H3/b5-4+;;;. The Labute approximate surface area is 394 Å². The van der Waals surface area contributed by atoms with Gasteiger partial charge < -0.3 is 40.5 Å². The first-order valence-corrected chi connectivity index (χ1v) is 23.7. The van der Waals surface area contributed by atoms with Crippen molar-refractivity contribution < 1.29 is 23.9 Å². The molecular formula is C45H64N14O5S2. The average Bonchev–Trinajstić information content (AvgIpc) is 4.11. The third-order valence-electron chi connectivity index (χ3n) is 10.3. The van der Waals surface area contributed by atoms with E-state index in [0.717, 1.165) is 88.9 Å².